The molecule has 8 nitrogen and oxygen atoms in total. The van der Waals surface area contributed by atoms with Crippen LogP contribution in [0.4, 0.5) is 0 Å². The van der Waals surface area contributed by atoms with Crippen LogP contribution in [0.25, 0.3) is 22.0 Å². The highest BCUT2D eigenvalue weighted by atomic mass is 16.5. The van der Waals surface area contributed by atoms with Crippen LogP contribution in [0.1, 0.15) is 18.4 Å². The molecule has 0 unspecified atom stereocenters. The summed E-state index contributed by atoms with van der Waals surface area (Å²) in [5, 5.41) is 18.0. The summed E-state index contributed by atoms with van der Waals surface area (Å²) >= 11 is 0. The highest BCUT2D eigenvalue weighted by Gasteiger charge is 2.44. The topological polar surface area (TPSA) is 107 Å². The van der Waals surface area contributed by atoms with Gasteiger partial charge in [0.25, 0.3) is 5.56 Å². The number of ether oxygens (including phenoxy) is 1. The summed E-state index contributed by atoms with van der Waals surface area (Å²) < 4.78 is 6.73. The standard InChI is InChI=1S/C23H18N6O2/c24-15-23(8-9-23)18-5-2-16(3-6-18)17-4-7-20-19(14-17)21(30)29(28-27-20)12-13-31-22-25-10-1-11-26-22/h1-7,10-11,14H,8-9,12-13H2. The minimum Gasteiger partial charge on any atom is -0.461 e. The zero-order valence-electron chi connectivity index (χ0n) is 16.6. The largest absolute Gasteiger partial charge is 0.461 e. The van der Waals surface area contributed by atoms with Crippen molar-refractivity contribution in [3.63, 3.8) is 0 Å². The number of hydrogen-bond acceptors (Lipinski definition) is 7. The number of fused-ring (bicyclic) bond motifs is 1. The van der Waals surface area contributed by atoms with Crippen LogP contribution in [0.15, 0.2) is 65.7 Å². The first-order chi connectivity index (χ1) is 15.2. The monoisotopic (exact) mass is 410 g/mol. The predicted octanol–water partition coefficient (Wildman–Crippen LogP) is 2.88. The fourth-order valence-corrected chi connectivity index (χ4v) is 3.56. The number of nitrogens with zero attached hydrogens (tertiary/aromatic N) is 6. The van der Waals surface area contributed by atoms with Gasteiger partial charge in [0.1, 0.15) is 12.1 Å². The fraction of sp³-hybridized carbons (Fsp3) is 0.217. The zero-order valence-corrected chi connectivity index (χ0v) is 16.6. The van der Waals surface area contributed by atoms with E-state index >= 15 is 0 Å². The van der Waals surface area contributed by atoms with Crippen molar-refractivity contribution >= 4 is 10.9 Å². The SMILES string of the molecule is N#CC1(c2ccc(-c3ccc4nnn(CCOc5ncccn5)c(=O)c4c3)cc2)CC1. The molecule has 0 bridgehead atoms. The van der Waals surface area contributed by atoms with Crippen LogP contribution in [0, 0.1) is 11.3 Å². The number of aromatic nitrogens is 5. The van der Waals surface area contributed by atoms with Crippen molar-refractivity contribution in [2.24, 2.45) is 0 Å². The maximum atomic E-state index is 12.9. The lowest BCUT2D eigenvalue weighted by Gasteiger charge is -2.09. The first-order valence-electron chi connectivity index (χ1n) is 9.98. The van der Waals surface area contributed by atoms with E-state index in [9.17, 15) is 10.1 Å². The highest BCUT2D eigenvalue weighted by Crippen LogP contribution is 2.47. The van der Waals surface area contributed by atoms with Gasteiger partial charge in [-0.2, -0.15) is 5.26 Å². The third-order valence-corrected chi connectivity index (χ3v) is 5.53. The van der Waals surface area contributed by atoms with Gasteiger partial charge in [-0.05, 0) is 47.7 Å². The molecule has 0 spiro atoms. The van der Waals surface area contributed by atoms with Gasteiger partial charge in [0.05, 0.1) is 23.4 Å². The molecule has 31 heavy (non-hydrogen) atoms. The molecule has 0 aliphatic heterocycles. The first-order valence-corrected chi connectivity index (χ1v) is 9.98. The van der Waals surface area contributed by atoms with E-state index in [0.29, 0.717) is 10.9 Å². The second-order valence-electron chi connectivity index (χ2n) is 7.50. The molecule has 8 heteroatoms. The van der Waals surface area contributed by atoms with Gasteiger partial charge in [0.2, 0.25) is 0 Å². The molecule has 2 aromatic carbocycles. The molecular formula is C23H18N6O2. The summed E-state index contributed by atoms with van der Waals surface area (Å²) in [6, 6.07) is 17.9. The van der Waals surface area contributed by atoms with Crippen LogP contribution >= 0.6 is 0 Å². The van der Waals surface area contributed by atoms with Gasteiger partial charge < -0.3 is 4.74 Å². The quantitative estimate of drug-likeness (QED) is 0.481. The lowest BCUT2D eigenvalue weighted by molar-refractivity contribution is 0.265. The van der Waals surface area contributed by atoms with Crippen LogP contribution < -0.4 is 10.3 Å². The summed E-state index contributed by atoms with van der Waals surface area (Å²) in [6.07, 6.45) is 5.00. The molecule has 0 N–H and O–H groups in total. The van der Waals surface area contributed by atoms with E-state index < -0.39 is 0 Å². The van der Waals surface area contributed by atoms with Crippen molar-refractivity contribution in [3.05, 3.63) is 76.8 Å². The highest BCUT2D eigenvalue weighted by molar-refractivity contribution is 5.83. The average Bonchev–Trinajstić information content (AvgIpc) is 3.63. The van der Waals surface area contributed by atoms with Gasteiger partial charge in [-0.25, -0.2) is 14.6 Å². The van der Waals surface area contributed by atoms with Crippen LogP contribution in [0.3, 0.4) is 0 Å². The van der Waals surface area contributed by atoms with E-state index in [4.69, 9.17) is 4.74 Å². The van der Waals surface area contributed by atoms with Crippen LogP contribution in [-0.4, -0.2) is 31.6 Å². The third-order valence-electron chi connectivity index (χ3n) is 5.53. The normalized spacial score (nSPS) is 14.2. The van der Waals surface area contributed by atoms with Crippen molar-refractivity contribution in [2.45, 2.75) is 24.8 Å². The molecule has 2 heterocycles. The van der Waals surface area contributed by atoms with E-state index in [1.165, 1.54) is 4.68 Å². The van der Waals surface area contributed by atoms with Crippen LogP contribution in [0.5, 0.6) is 6.01 Å². The predicted molar refractivity (Wildman–Crippen MR) is 113 cm³/mol. The van der Waals surface area contributed by atoms with Gasteiger partial charge in [-0.3, -0.25) is 4.79 Å². The molecule has 1 fully saturated rings. The third kappa shape index (κ3) is 3.62. The summed E-state index contributed by atoms with van der Waals surface area (Å²) in [5.74, 6) is 0. The Kier molecular flexibility index (Phi) is 4.64. The van der Waals surface area contributed by atoms with E-state index in [-0.39, 0.29) is 30.1 Å². The zero-order chi connectivity index (χ0) is 21.3. The second-order valence-corrected chi connectivity index (χ2v) is 7.50. The average molecular weight is 410 g/mol. The Hall–Kier alpha value is -4.12. The Morgan fingerprint density at radius 3 is 2.52 bits per heavy atom. The number of benzene rings is 2. The van der Waals surface area contributed by atoms with Crippen molar-refractivity contribution in [1.29, 1.82) is 5.26 Å². The van der Waals surface area contributed by atoms with Crippen molar-refractivity contribution in [1.82, 2.24) is 25.0 Å². The molecule has 1 aliphatic rings. The van der Waals surface area contributed by atoms with E-state index in [1.807, 2.05) is 36.4 Å². The Balaban J connectivity index is 1.39. The summed E-state index contributed by atoms with van der Waals surface area (Å²) in [4.78, 5) is 20.9. The maximum Gasteiger partial charge on any atom is 0.316 e. The van der Waals surface area contributed by atoms with Crippen LogP contribution in [-0.2, 0) is 12.0 Å². The molecule has 5 rings (SSSR count). The van der Waals surface area contributed by atoms with E-state index in [0.717, 1.165) is 29.5 Å². The summed E-state index contributed by atoms with van der Waals surface area (Å²) in [7, 11) is 0. The van der Waals surface area contributed by atoms with Gasteiger partial charge in [0.15, 0.2) is 0 Å². The minimum atomic E-state index is -0.307. The summed E-state index contributed by atoms with van der Waals surface area (Å²) in [6.45, 7) is 0.432. The maximum absolute atomic E-state index is 12.9. The molecule has 1 aliphatic carbocycles. The Labute approximate surface area is 177 Å². The molecule has 4 aromatic rings. The van der Waals surface area contributed by atoms with Gasteiger partial charge >= 0.3 is 6.01 Å². The Morgan fingerprint density at radius 1 is 1.06 bits per heavy atom. The molecule has 0 atom stereocenters. The van der Waals surface area contributed by atoms with Gasteiger partial charge in [-0.1, -0.05) is 35.5 Å². The summed E-state index contributed by atoms with van der Waals surface area (Å²) in [5.41, 5.74) is 2.93. The van der Waals surface area contributed by atoms with E-state index in [1.54, 1.807) is 24.5 Å². The van der Waals surface area contributed by atoms with Crippen molar-refractivity contribution < 1.29 is 4.74 Å². The van der Waals surface area contributed by atoms with Crippen molar-refractivity contribution in [3.8, 4) is 23.2 Å². The van der Waals surface area contributed by atoms with Gasteiger partial charge in [0, 0.05) is 12.4 Å². The fourth-order valence-electron chi connectivity index (χ4n) is 3.56. The molecule has 0 amide bonds. The molecule has 1 saturated carbocycles. The number of hydrogen-bond donors (Lipinski definition) is 0. The smallest absolute Gasteiger partial charge is 0.316 e. The molecule has 152 valence electrons. The van der Waals surface area contributed by atoms with Gasteiger partial charge in [-0.15, -0.1) is 5.10 Å². The van der Waals surface area contributed by atoms with Crippen molar-refractivity contribution in [2.75, 3.05) is 6.61 Å². The van der Waals surface area contributed by atoms with E-state index in [2.05, 4.69) is 26.3 Å². The number of rotatable bonds is 6. The Bertz CT molecular complexity index is 1340. The molecular weight excluding hydrogens is 392 g/mol. The number of nitriles is 1. The van der Waals surface area contributed by atoms with Crippen LogP contribution in [0.2, 0.25) is 0 Å². The Morgan fingerprint density at radius 2 is 1.81 bits per heavy atom. The first kappa shape index (κ1) is 18.9. The minimum absolute atomic E-state index is 0.200. The molecule has 2 aromatic heterocycles. The molecule has 0 saturated heterocycles. The second kappa shape index (κ2) is 7.61. The lowest BCUT2D eigenvalue weighted by Crippen LogP contribution is -2.27. The lowest BCUT2D eigenvalue weighted by atomic mass is 9.95. The molecule has 0 radical (unpaired) electrons.